The van der Waals surface area contributed by atoms with E-state index in [1.54, 1.807) is 18.5 Å². The van der Waals surface area contributed by atoms with Crippen molar-refractivity contribution >= 4 is 22.6 Å². The van der Waals surface area contributed by atoms with Crippen LogP contribution in [0.5, 0.6) is 5.88 Å². The Bertz CT molecular complexity index is 635. The van der Waals surface area contributed by atoms with Gasteiger partial charge in [-0.1, -0.05) is 0 Å². The fourth-order valence-corrected chi connectivity index (χ4v) is 1.59. The summed E-state index contributed by atoms with van der Waals surface area (Å²) >= 11 is 5.77. The molecule has 0 bridgehead atoms. The van der Waals surface area contributed by atoms with Gasteiger partial charge in [0.2, 0.25) is 11.2 Å². The molecule has 0 radical (unpaired) electrons. The van der Waals surface area contributed by atoms with Crippen LogP contribution in [0, 0.1) is 0 Å². The molecule has 3 aromatic rings. The van der Waals surface area contributed by atoms with Crippen molar-refractivity contribution < 1.29 is 9.15 Å². The molecule has 0 saturated heterocycles. The summed E-state index contributed by atoms with van der Waals surface area (Å²) in [5.41, 5.74) is 0.541. The van der Waals surface area contributed by atoms with E-state index in [1.165, 1.54) is 0 Å². The van der Waals surface area contributed by atoms with E-state index in [9.17, 15) is 0 Å². The standard InChI is InChI=1S/C10H7ClN4O2/c11-10-13-8-7(4-12-15-8)9(14-10)17-5-6-2-1-3-16-6/h1-4H,5H2,(H,12,13,14,15). The van der Waals surface area contributed by atoms with Gasteiger partial charge in [0, 0.05) is 0 Å². The van der Waals surface area contributed by atoms with Crippen molar-refractivity contribution in [3.05, 3.63) is 35.6 Å². The molecule has 3 rings (SSSR count). The van der Waals surface area contributed by atoms with Crippen LogP contribution in [0.3, 0.4) is 0 Å². The van der Waals surface area contributed by atoms with Crippen molar-refractivity contribution in [1.29, 1.82) is 0 Å². The van der Waals surface area contributed by atoms with Gasteiger partial charge in [0.1, 0.15) is 17.8 Å². The number of hydrogen-bond acceptors (Lipinski definition) is 5. The minimum atomic E-state index is 0.108. The van der Waals surface area contributed by atoms with E-state index in [1.807, 2.05) is 6.07 Å². The predicted molar refractivity (Wildman–Crippen MR) is 59.7 cm³/mol. The third-order valence-electron chi connectivity index (χ3n) is 2.18. The predicted octanol–water partition coefficient (Wildman–Crippen LogP) is 2.18. The number of ether oxygens (including phenoxy) is 1. The minimum Gasteiger partial charge on any atom is -0.469 e. The van der Waals surface area contributed by atoms with Crippen molar-refractivity contribution in [3.8, 4) is 5.88 Å². The van der Waals surface area contributed by atoms with Crippen molar-refractivity contribution in [2.45, 2.75) is 6.61 Å². The number of aromatic nitrogens is 4. The molecule has 0 spiro atoms. The smallest absolute Gasteiger partial charge is 0.229 e. The largest absolute Gasteiger partial charge is 0.469 e. The van der Waals surface area contributed by atoms with Crippen LogP contribution in [0.25, 0.3) is 11.0 Å². The summed E-state index contributed by atoms with van der Waals surface area (Å²) in [5, 5.41) is 7.35. The number of nitrogens with zero attached hydrogens (tertiary/aromatic N) is 3. The van der Waals surface area contributed by atoms with E-state index < -0.39 is 0 Å². The molecular weight excluding hydrogens is 244 g/mol. The van der Waals surface area contributed by atoms with Crippen LogP contribution in [0.15, 0.2) is 29.0 Å². The molecule has 17 heavy (non-hydrogen) atoms. The van der Waals surface area contributed by atoms with E-state index >= 15 is 0 Å². The number of aromatic amines is 1. The summed E-state index contributed by atoms with van der Waals surface area (Å²) in [5.74, 6) is 1.08. The zero-order valence-electron chi connectivity index (χ0n) is 8.55. The lowest BCUT2D eigenvalue weighted by Gasteiger charge is -2.03. The van der Waals surface area contributed by atoms with E-state index in [-0.39, 0.29) is 11.9 Å². The van der Waals surface area contributed by atoms with Gasteiger partial charge in [0.15, 0.2) is 5.65 Å². The maximum Gasteiger partial charge on any atom is 0.229 e. The van der Waals surface area contributed by atoms with Crippen molar-refractivity contribution in [2.24, 2.45) is 0 Å². The topological polar surface area (TPSA) is 76.8 Å². The Morgan fingerprint density at radius 3 is 3.18 bits per heavy atom. The Kier molecular flexibility index (Phi) is 2.41. The Hall–Kier alpha value is -2.08. The van der Waals surface area contributed by atoms with E-state index in [4.69, 9.17) is 20.8 Å². The first-order valence-electron chi connectivity index (χ1n) is 4.85. The molecular formula is C10H7ClN4O2. The van der Waals surface area contributed by atoms with E-state index in [0.717, 1.165) is 0 Å². The quantitative estimate of drug-likeness (QED) is 0.721. The molecule has 0 aliphatic rings. The van der Waals surface area contributed by atoms with E-state index in [0.29, 0.717) is 22.7 Å². The van der Waals surface area contributed by atoms with Crippen molar-refractivity contribution in [2.75, 3.05) is 0 Å². The van der Waals surface area contributed by atoms with Gasteiger partial charge in [-0.05, 0) is 23.7 Å². The third kappa shape index (κ3) is 1.94. The first kappa shape index (κ1) is 10.1. The lowest BCUT2D eigenvalue weighted by molar-refractivity contribution is 0.263. The van der Waals surface area contributed by atoms with Gasteiger partial charge in [0.25, 0.3) is 0 Å². The summed E-state index contributed by atoms with van der Waals surface area (Å²) in [6.07, 6.45) is 3.17. The average Bonchev–Trinajstić information content (AvgIpc) is 2.95. The maximum absolute atomic E-state index is 5.77. The van der Waals surface area contributed by atoms with Gasteiger partial charge >= 0.3 is 0 Å². The van der Waals surface area contributed by atoms with Gasteiger partial charge in [-0.15, -0.1) is 0 Å². The average molecular weight is 251 g/mol. The number of halogens is 1. The van der Waals surface area contributed by atoms with Gasteiger partial charge in [0.05, 0.1) is 12.5 Å². The highest BCUT2D eigenvalue weighted by Gasteiger charge is 2.10. The molecule has 0 aromatic carbocycles. The zero-order chi connectivity index (χ0) is 11.7. The fraction of sp³-hybridized carbons (Fsp3) is 0.100. The SMILES string of the molecule is Clc1nc(OCc2ccco2)c2cn[nH]c2n1. The Morgan fingerprint density at radius 1 is 1.41 bits per heavy atom. The maximum atomic E-state index is 5.77. The molecule has 1 N–H and O–H groups in total. The summed E-state index contributed by atoms with van der Waals surface area (Å²) < 4.78 is 10.7. The van der Waals surface area contributed by atoms with Crippen LogP contribution in [0.4, 0.5) is 0 Å². The molecule has 0 aliphatic heterocycles. The van der Waals surface area contributed by atoms with Gasteiger partial charge in [-0.3, -0.25) is 5.10 Å². The highest BCUT2D eigenvalue weighted by molar-refractivity contribution is 6.28. The molecule has 7 heteroatoms. The van der Waals surface area contributed by atoms with Crippen molar-refractivity contribution in [1.82, 2.24) is 20.2 Å². The molecule has 3 heterocycles. The van der Waals surface area contributed by atoms with Gasteiger partial charge in [-0.25, -0.2) is 0 Å². The molecule has 6 nitrogen and oxygen atoms in total. The van der Waals surface area contributed by atoms with Crippen LogP contribution in [0.1, 0.15) is 5.76 Å². The van der Waals surface area contributed by atoms with Crippen LogP contribution in [-0.4, -0.2) is 20.2 Å². The second-order valence-electron chi connectivity index (χ2n) is 3.30. The number of fused-ring (bicyclic) bond motifs is 1. The lowest BCUT2D eigenvalue weighted by Crippen LogP contribution is -1.97. The fourth-order valence-electron chi connectivity index (χ4n) is 1.43. The normalized spacial score (nSPS) is 10.9. The van der Waals surface area contributed by atoms with Crippen LogP contribution in [-0.2, 0) is 6.61 Å². The monoisotopic (exact) mass is 250 g/mol. The second kappa shape index (κ2) is 4.06. The van der Waals surface area contributed by atoms with E-state index in [2.05, 4.69) is 20.2 Å². The Labute approximate surface area is 101 Å². The summed E-state index contributed by atoms with van der Waals surface area (Å²) in [6, 6.07) is 3.61. The molecule has 0 fully saturated rings. The third-order valence-corrected chi connectivity index (χ3v) is 2.35. The highest BCUT2D eigenvalue weighted by Crippen LogP contribution is 2.22. The van der Waals surface area contributed by atoms with Crippen LogP contribution in [0.2, 0.25) is 5.28 Å². The van der Waals surface area contributed by atoms with Gasteiger partial charge < -0.3 is 9.15 Å². The molecule has 0 atom stereocenters. The second-order valence-corrected chi connectivity index (χ2v) is 3.64. The summed E-state index contributed by atoms with van der Waals surface area (Å²) in [4.78, 5) is 7.98. The van der Waals surface area contributed by atoms with Crippen molar-refractivity contribution in [3.63, 3.8) is 0 Å². The summed E-state index contributed by atoms with van der Waals surface area (Å²) in [6.45, 7) is 0.278. The van der Waals surface area contributed by atoms with Crippen LogP contribution >= 0.6 is 11.6 Å². The number of hydrogen-bond donors (Lipinski definition) is 1. The Morgan fingerprint density at radius 2 is 2.35 bits per heavy atom. The zero-order valence-corrected chi connectivity index (χ0v) is 9.31. The molecule has 0 unspecified atom stereocenters. The molecule has 0 saturated carbocycles. The lowest BCUT2D eigenvalue weighted by atomic mass is 10.4. The van der Waals surface area contributed by atoms with Gasteiger partial charge in [-0.2, -0.15) is 15.1 Å². The molecule has 86 valence electrons. The number of furan rings is 1. The number of nitrogens with one attached hydrogen (secondary N) is 1. The van der Waals surface area contributed by atoms with Crippen LogP contribution < -0.4 is 4.74 Å². The highest BCUT2D eigenvalue weighted by atomic mass is 35.5. The first-order valence-corrected chi connectivity index (χ1v) is 5.22. The molecule has 3 aromatic heterocycles. The number of H-pyrrole nitrogens is 1. The Balaban J connectivity index is 1.91. The molecule has 0 amide bonds. The first-order chi connectivity index (χ1) is 8.33. The number of rotatable bonds is 3. The molecule has 0 aliphatic carbocycles. The minimum absolute atomic E-state index is 0.108. The summed E-state index contributed by atoms with van der Waals surface area (Å²) in [7, 11) is 0.